The fraction of sp³-hybridized carbons (Fsp3) is 0.227. The van der Waals surface area contributed by atoms with Crippen LogP contribution in [0.5, 0.6) is 5.75 Å². The number of amides is 1. The second kappa shape index (κ2) is 7.54. The van der Waals surface area contributed by atoms with E-state index in [4.69, 9.17) is 4.74 Å². The number of hydrogen-bond acceptors (Lipinski definition) is 6. The SMILES string of the molecule is Cc1cc(-c2ncc3nc(C(F)(F)F)ccc3n2)ccc1N1C(=O)c2[nH]ncc2OCC1C. The van der Waals surface area contributed by atoms with Gasteiger partial charge >= 0.3 is 6.18 Å². The monoisotopic (exact) mass is 454 g/mol. The van der Waals surface area contributed by atoms with Gasteiger partial charge in [0.2, 0.25) is 0 Å². The van der Waals surface area contributed by atoms with Crippen molar-refractivity contribution in [1.82, 2.24) is 25.1 Å². The van der Waals surface area contributed by atoms with E-state index in [-0.39, 0.29) is 23.2 Å². The molecule has 11 heteroatoms. The van der Waals surface area contributed by atoms with Crippen molar-refractivity contribution < 1.29 is 22.7 Å². The van der Waals surface area contributed by atoms with Crippen molar-refractivity contribution in [3.8, 4) is 17.1 Å². The van der Waals surface area contributed by atoms with Crippen molar-refractivity contribution >= 4 is 22.6 Å². The van der Waals surface area contributed by atoms with Gasteiger partial charge in [-0.3, -0.25) is 9.89 Å². The maximum Gasteiger partial charge on any atom is 0.433 e. The molecule has 0 radical (unpaired) electrons. The third-order valence-corrected chi connectivity index (χ3v) is 5.40. The number of pyridine rings is 1. The summed E-state index contributed by atoms with van der Waals surface area (Å²) in [7, 11) is 0. The van der Waals surface area contributed by atoms with Crippen LogP contribution in [0.15, 0.2) is 42.7 Å². The first-order chi connectivity index (χ1) is 15.7. The van der Waals surface area contributed by atoms with E-state index in [0.29, 0.717) is 34.9 Å². The van der Waals surface area contributed by atoms with Gasteiger partial charge in [-0.15, -0.1) is 0 Å². The fourth-order valence-corrected chi connectivity index (χ4v) is 3.77. The van der Waals surface area contributed by atoms with Crippen molar-refractivity contribution in [2.24, 2.45) is 0 Å². The number of ether oxygens (including phenoxy) is 1. The third-order valence-electron chi connectivity index (χ3n) is 5.40. The van der Waals surface area contributed by atoms with Crippen LogP contribution >= 0.6 is 0 Å². The van der Waals surface area contributed by atoms with E-state index in [9.17, 15) is 18.0 Å². The Kier molecular flexibility index (Phi) is 4.76. The predicted molar refractivity (Wildman–Crippen MR) is 113 cm³/mol. The molecule has 4 aromatic rings. The van der Waals surface area contributed by atoms with Crippen molar-refractivity contribution in [3.63, 3.8) is 0 Å². The number of aromatic nitrogens is 5. The topological polar surface area (TPSA) is 96.9 Å². The molecule has 0 bridgehead atoms. The van der Waals surface area contributed by atoms with Crippen LogP contribution in [-0.2, 0) is 6.18 Å². The Morgan fingerprint density at radius 1 is 1.12 bits per heavy atom. The molecule has 1 aliphatic heterocycles. The van der Waals surface area contributed by atoms with Gasteiger partial charge in [-0.1, -0.05) is 0 Å². The zero-order chi connectivity index (χ0) is 23.3. The zero-order valence-corrected chi connectivity index (χ0v) is 17.5. The molecule has 8 nitrogen and oxygen atoms in total. The molecule has 1 atom stereocenters. The summed E-state index contributed by atoms with van der Waals surface area (Å²) >= 11 is 0. The number of alkyl halides is 3. The van der Waals surface area contributed by atoms with Crippen LogP contribution in [0.3, 0.4) is 0 Å². The van der Waals surface area contributed by atoms with Gasteiger partial charge in [-0.2, -0.15) is 18.3 Å². The summed E-state index contributed by atoms with van der Waals surface area (Å²) in [6.07, 6.45) is -1.79. The molecule has 1 N–H and O–H groups in total. The number of hydrogen-bond donors (Lipinski definition) is 1. The van der Waals surface area contributed by atoms with Crippen LogP contribution in [0, 0.1) is 6.92 Å². The van der Waals surface area contributed by atoms with Crippen molar-refractivity contribution in [1.29, 1.82) is 0 Å². The number of aromatic amines is 1. The lowest BCUT2D eigenvalue weighted by Crippen LogP contribution is -2.40. The molecule has 5 rings (SSSR count). The molecule has 0 saturated heterocycles. The summed E-state index contributed by atoms with van der Waals surface area (Å²) in [6.45, 7) is 4.05. The molecule has 1 amide bonds. The Balaban J connectivity index is 1.50. The predicted octanol–water partition coefficient (Wildman–Crippen LogP) is 4.17. The maximum absolute atomic E-state index is 13.1. The van der Waals surface area contributed by atoms with Gasteiger partial charge in [0.15, 0.2) is 17.3 Å². The minimum Gasteiger partial charge on any atom is -0.487 e. The van der Waals surface area contributed by atoms with Gasteiger partial charge in [0, 0.05) is 11.3 Å². The van der Waals surface area contributed by atoms with Gasteiger partial charge in [-0.25, -0.2) is 15.0 Å². The first-order valence-electron chi connectivity index (χ1n) is 10.0. The molecule has 1 aromatic carbocycles. The fourth-order valence-electron chi connectivity index (χ4n) is 3.77. The summed E-state index contributed by atoms with van der Waals surface area (Å²) in [5, 5.41) is 6.58. The van der Waals surface area contributed by atoms with Crippen LogP contribution in [-0.4, -0.2) is 43.7 Å². The number of rotatable bonds is 2. The van der Waals surface area contributed by atoms with Crippen LogP contribution in [0.25, 0.3) is 22.4 Å². The van der Waals surface area contributed by atoms with E-state index < -0.39 is 11.9 Å². The number of nitrogens with one attached hydrogen (secondary N) is 1. The highest BCUT2D eigenvalue weighted by Gasteiger charge is 2.33. The van der Waals surface area contributed by atoms with Crippen molar-refractivity contribution in [2.75, 3.05) is 11.5 Å². The van der Waals surface area contributed by atoms with Crippen LogP contribution in [0.1, 0.15) is 28.7 Å². The van der Waals surface area contributed by atoms with Gasteiger partial charge in [0.25, 0.3) is 5.91 Å². The van der Waals surface area contributed by atoms with Gasteiger partial charge < -0.3 is 9.64 Å². The number of H-pyrrole nitrogens is 1. The summed E-state index contributed by atoms with van der Waals surface area (Å²) in [4.78, 5) is 26.9. The molecule has 4 heterocycles. The van der Waals surface area contributed by atoms with Crippen molar-refractivity contribution in [3.05, 3.63) is 59.7 Å². The molecule has 168 valence electrons. The molecule has 33 heavy (non-hydrogen) atoms. The van der Waals surface area contributed by atoms with Gasteiger partial charge in [0.1, 0.15) is 17.8 Å². The lowest BCUT2D eigenvalue weighted by molar-refractivity contribution is -0.140. The zero-order valence-electron chi connectivity index (χ0n) is 17.5. The van der Waals surface area contributed by atoms with Gasteiger partial charge in [-0.05, 0) is 49.7 Å². The standard InChI is InChI=1S/C22H17F3N6O2/c1-11-7-13(20-26-8-15-14(29-20)4-6-18(28-15)22(23,24)25)3-5-16(11)31-12(2)10-33-17-9-27-30-19(17)21(31)32/h3-9,12H,10H2,1-2H3,(H,27,30). The average molecular weight is 454 g/mol. The van der Waals surface area contributed by atoms with E-state index in [1.807, 2.05) is 19.9 Å². The van der Waals surface area contributed by atoms with E-state index in [1.165, 1.54) is 18.5 Å². The first-order valence-corrected chi connectivity index (χ1v) is 10.0. The number of nitrogens with zero attached hydrogens (tertiary/aromatic N) is 5. The Hall–Kier alpha value is -4.02. The molecule has 0 spiro atoms. The Labute approximate surface area is 185 Å². The largest absolute Gasteiger partial charge is 0.487 e. The summed E-state index contributed by atoms with van der Waals surface area (Å²) in [5.41, 5.74) is 1.80. The van der Waals surface area contributed by atoms with E-state index >= 15 is 0 Å². The molecular weight excluding hydrogens is 437 g/mol. The first kappa shape index (κ1) is 20.9. The maximum atomic E-state index is 13.1. The number of fused-ring (bicyclic) bond motifs is 2. The Bertz CT molecular complexity index is 1380. The Morgan fingerprint density at radius 3 is 2.70 bits per heavy atom. The van der Waals surface area contributed by atoms with Gasteiger partial charge in [0.05, 0.1) is 24.0 Å². The molecule has 0 fully saturated rings. The minimum atomic E-state index is -4.54. The molecule has 1 aliphatic rings. The number of aryl methyl sites for hydroxylation is 1. The summed E-state index contributed by atoms with van der Waals surface area (Å²) < 4.78 is 44.4. The number of carbonyl (C=O) groups excluding carboxylic acids is 1. The van der Waals surface area contributed by atoms with Crippen LogP contribution < -0.4 is 9.64 Å². The smallest absolute Gasteiger partial charge is 0.433 e. The van der Waals surface area contributed by atoms with Crippen LogP contribution in [0.4, 0.5) is 18.9 Å². The third kappa shape index (κ3) is 3.65. The molecule has 3 aromatic heterocycles. The molecule has 0 aliphatic carbocycles. The minimum absolute atomic E-state index is 0.0567. The highest BCUT2D eigenvalue weighted by Crippen LogP contribution is 2.32. The second-order valence-electron chi connectivity index (χ2n) is 7.74. The number of halogens is 3. The lowest BCUT2D eigenvalue weighted by atomic mass is 10.1. The quantitative estimate of drug-likeness (QED) is 0.488. The molecule has 0 saturated carbocycles. The lowest BCUT2D eigenvalue weighted by Gasteiger charge is -2.28. The summed E-state index contributed by atoms with van der Waals surface area (Å²) in [5.74, 6) is 0.500. The average Bonchev–Trinajstić information content (AvgIpc) is 3.22. The number of anilines is 1. The molecule has 1 unspecified atom stereocenters. The van der Waals surface area contributed by atoms with E-state index in [1.54, 1.807) is 17.0 Å². The second-order valence-corrected chi connectivity index (χ2v) is 7.74. The highest BCUT2D eigenvalue weighted by molar-refractivity contribution is 6.07. The van der Waals surface area contributed by atoms with E-state index in [2.05, 4.69) is 25.1 Å². The normalized spacial score (nSPS) is 16.5. The number of benzene rings is 1. The number of carbonyl (C=O) groups is 1. The van der Waals surface area contributed by atoms with Crippen molar-refractivity contribution in [2.45, 2.75) is 26.1 Å². The summed E-state index contributed by atoms with van der Waals surface area (Å²) in [6, 6.07) is 7.32. The molecular formula is C22H17F3N6O2. The Morgan fingerprint density at radius 2 is 1.94 bits per heavy atom. The highest BCUT2D eigenvalue weighted by atomic mass is 19.4. The van der Waals surface area contributed by atoms with Crippen LogP contribution in [0.2, 0.25) is 0 Å². The van der Waals surface area contributed by atoms with E-state index in [0.717, 1.165) is 11.6 Å².